The Morgan fingerprint density at radius 2 is 1.40 bits per heavy atom. The largest absolute Gasteiger partial charge is 0.493 e. The van der Waals surface area contributed by atoms with Gasteiger partial charge >= 0.3 is 6.03 Å². The van der Waals surface area contributed by atoms with Crippen LogP contribution in [0.4, 0.5) is 10.5 Å². The molecule has 9 nitrogen and oxygen atoms in total. The first-order valence-corrected chi connectivity index (χ1v) is 15.0. The summed E-state index contributed by atoms with van der Waals surface area (Å²) in [5.74, 6) is 2.88. The molecule has 2 fully saturated rings. The summed E-state index contributed by atoms with van der Waals surface area (Å²) in [6, 6.07) is 7.24. The van der Waals surface area contributed by atoms with E-state index in [4.69, 9.17) is 23.7 Å². The number of methoxy groups -OCH3 is 4. The second-order valence-electron chi connectivity index (χ2n) is 10.2. The number of benzene rings is 2. The maximum Gasteiger partial charge on any atom is 0.345 e. The summed E-state index contributed by atoms with van der Waals surface area (Å²) in [5.41, 5.74) is 2.63. The highest BCUT2D eigenvalue weighted by Gasteiger charge is 2.32. The highest BCUT2D eigenvalue weighted by molar-refractivity contribution is 8.00. The normalized spacial score (nSPS) is 19.1. The smallest absolute Gasteiger partial charge is 0.345 e. The maximum atomic E-state index is 13.1. The first-order valence-electron chi connectivity index (χ1n) is 14.0. The highest BCUT2D eigenvalue weighted by Crippen LogP contribution is 2.56. The zero-order valence-corrected chi connectivity index (χ0v) is 25.0. The van der Waals surface area contributed by atoms with E-state index in [-0.39, 0.29) is 16.5 Å². The van der Waals surface area contributed by atoms with Crippen LogP contribution in [0, 0.1) is 0 Å². The molecule has 2 N–H and O–H groups in total. The van der Waals surface area contributed by atoms with Crippen molar-refractivity contribution in [2.75, 3.05) is 40.4 Å². The fraction of sp³-hybridized carbons (Fsp3) is 0.567. The average molecular weight is 575 g/mol. The number of urea groups is 1. The lowest BCUT2D eigenvalue weighted by Crippen LogP contribution is -2.41. The molecule has 40 heavy (non-hydrogen) atoms. The molecule has 1 saturated heterocycles. The second-order valence-corrected chi connectivity index (χ2v) is 11.6. The zero-order chi connectivity index (χ0) is 28.6. The van der Waals surface area contributed by atoms with Crippen molar-refractivity contribution in [1.82, 2.24) is 5.06 Å². The molecule has 0 aromatic heterocycles. The van der Waals surface area contributed by atoms with Gasteiger partial charge in [-0.05, 0) is 67.5 Å². The van der Waals surface area contributed by atoms with Gasteiger partial charge in [-0.2, -0.15) is 0 Å². The lowest BCUT2D eigenvalue weighted by molar-refractivity contribution is -0.0820. The molecule has 220 valence electrons. The number of hydroxylamine groups is 2. The van der Waals surface area contributed by atoms with Crippen LogP contribution in [0.1, 0.15) is 79.9 Å². The molecule has 2 aromatic carbocycles. The lowest BCUT2D eigenvalue weighted by Gasteiger charge is -2.29. The molecular formula is C30H42N2O7S. The number of nitrogens with zero attached hydrogens (tertiary/aromatic N) is 1. The van der Waals surface area contributed by atoms with E-state index in [1.807, 2.05) is 43.0 Å². The van der Waals surface area contributed by atoms with Crippen molar-refractivity contribution in [3.05, 3.63) is 35.4 Å². The van der Waals surface area contributed by atoms with Crippen molar-refractivity contribution in [3.63, 3.8) is 0 Å². The van der Waals surface area contributed by atoms with E-state index in [0.717, 1.165) is 67.6 Å². The summed E-state index contributed by atoms with van der Waals surface area (Å²) in [6.45, 7) is 2.50. The van der Waals surface area contributed by atoms with Crippen molar-refractivity contribution >= 4 is 23.5 Å². The molecule has 0 bridgehead atoms. The van der Waals surface area contributed by atoms with E-state index >= 15 is 0 Å². The molecule has 10 heteroatoms. The third-order valence-corrected chi connectivity index (χ3v) is 9.24. The Bertz CT molecular complexity index is 1130. The van der Waals surface area contributed by atoms with Crippen LogP contribution in [-0.4, -0.2) is 57.4 Å². The average Bonchev–Trinajstić information content (AvgIpc) is 3.49. The minimum absolute atomic E-state index is 0.164. The summed E-state index contributed by atoms with van der Waals surface area (Å²) in [7, 11) is 6.45. The molecule has 0 spiro atoms. The molecule has 2 atom stereocenters. The zero-order valence-electron chi connectivity index (χ0n) is 24.2. The fourth-order valence-electron chi connectivity index (χ4n) is 5.49. The molecule has 1 aliphatic carbocycles. The summed E-state index contributed by atoms with van der Waals surface area (Å²) in [6.07, 6.45) is 7.45. The van der Waals surface area contributed by atoms with Crippen LogP contribution in [-0.2, 0) is 0 Å². The van der Waals surface area contributed by atoms with Crippen LogP contribution in [0.5, 0.6) is 28.7 Å². The van der Waals surface area contributed by atoms with Crippen LogP contribution in [0.3, 0.4) is 0 Å². The van der Waals surface area contributed by atoms with E-state index < -0.39 is 6.03 Å². The molecule has 2 aromatic rings. The van der Waals surface area contributed by atoms with Gasteiger partial charge < -0.3 is 29.0 Å². The van der Waals surface area contributed by atoms with Crippen molar-refractivity contribution in [1.29, 1.82) is 0 Å². The van der Waals surface area contributed by atoms with E-state index in [2.05, 4.69) is 5.32 Å². The van der Waals surface area contributed by atoms with Gasteiger partial charge in [0.05, 0.1) is 46.8 Å². The monoisotopic (exact) mass is 574 g/mol. The minimum atomic E-state index is -0.554. The number of anilines is 1. The van der Waals surface area contributed by atoms with Gasteiger partial charge in [0, 0.05) is 10.5 Å². The molecular weight excluding hydrogens is 532 g/mol. The first kappa shape index (κ1) is 30.0. The number of amides is 2. The van der Waals surface area contributed by atoms with Crippen LogP contribution < -0.4 is 29.0 Å². The number of hydrogen-bond acceptors (Lipinski definition) is 8. The van der Waals surface area contributed by atoms with Crippen molar-refractivity contribution < 1.29 is 33.7 Å². The molecule has 0 radical (unpaired) electrons. The van der Waals surface area contributed by atoms with Gasteiger partial charge in [-0.1, -0.05) is 26.2 Å². The molecule has 2 aliphatic rings. The molecule has 1 aliphatic heterocycles. The topological polar surface area (TPSA) is 98.7 Å². The fourth-order valence-corrected chi connectivity index (χ4v) is 7.01. The summed E-state index contributed by atoms with van der Waals surface area (Å²) in [4.78, 5) is 13.1. The number of rotatable bonds is 11. The molecule has 2 unspecified atom stereocenters. The van der Waals surface area contributed by atoms with Crippen molar-refractivity contribution in [2.24, 2.45) is 0 Å². The molecule has 2 amide bonds. The summed E-state index contributed by atoms with van der Waals surface area (Å²) in [5, 5.41) is 14.8. The maximum absolute atomic E-state index is 13.1. The predicted molar refractivity (Wildman–Crippen MR) is 157 cm³/mol. The number of nitrogens with one attached hydrogen (secondary N) is 1. The molecule has 1 saturated carbocycles. The second kappa shape index (κ2) is 14.1. The number of hydrogen-bond donors (Lipinski definition) is 2. The van der Waals surface area contributed by atoms with Crippen LogP contribution >= 0.6 is 11.8 Å². The van der Waals surface area contributed by atoms with Crippen molar-refractivity contribution in [3.8, 4) is 28.7 Å². The lowest BCUT2D eigenvalue weighted by atomic mass is 9.95. The number of thioether (sulfide) groups is 1. The van der Waals surface area contributed by atoms with Gasteiger partial charge in [0.1, 0.15) is 0 Å². The Balaban J connectivity index is 1.60. The van der Waals surface area contributed by atoms with E-state index in [1.165, 1.54) is 0 Å². The van der Waals surface area contributed by atoms with Gasteiger partial charge in [0.15, 0.2) is 23.0 Å². The number of ether oxygens (including phenoxy) is 5. The van der Waals surface area contributed by atoms with Gasteiger partial charge in [0.25, 0.3) is 0 Å². The van der Waals surface area contributed by atoms with Crippen LogP contribution in [0.2, 0.25) is 0 Å². The van der Waals surface area contributed by atoms with Gasteiger partial charge in [-0.25, -0.2) is 9.86 Å². The Labute approximate surface area is 241 Å². The number of carbonyl (C=O) groups excluding carboxylic acids is 1. The third-order valence-electron chi connectivity index (χ3n) is 7.57. The third kappa shape index (κ3) is 6.66. The summed E-state index contributed by atoms with van der Waals surface area (Å²) >= 11 is 1.85. The Kier molecular flexibility index (Phi) is 10.6. The Morgan fingerprint density at radius 1 is 0.850 bits per heavy atom. The highest BCUT2D eigenvalue weighted by atomic mass is 32.2. The quantitative estimate of drug-likeness (QED) is 0.212. The Morgan fingerprint density at radius 3 is 1.93 bits per heavy atom. The predicted octanol–water partition coefficient (Wildman–Crippen LogP) is 7.38. The SMILES string of the molecule is CCCOc1c(NC(=O)N(O)C2CCCCC2)cc(C2CCC(c3cc(OC)c(OC)c(OC)c3)S2)cc1OC. The minimum Gasteiger partial charge on any atom is -0.493 e. The van der Waals surface area contributed by atoms with Crippen LogP contribution in [0.25, 0.3) is 0 Å². The molecule has 1 heterocycles. The summed E-state index contributed by atoms with van der Waals surface area (Å²) < 4.78 is 28.4. The standard InChI is InChI=1S/C30H42N2O7S/c1-6-14-39-28-22(31-30(33)32(34)21-10-8-7-9-11-21)15-19(16-23(28)35-2)26-12-13-27(40-26)20-17-24(36-3)29(38-5)25(18-20)37-4/h15-18,21,26-27,34H,6-14H2,1-5H3,(H,31,33). The van der Waals surface area contributed by atoms with E-state index in [0.29, 0.717) is 41.0 Å². The van der Waals surface area contributed by atoms with Crippen LogP contribution in [0.15, 0.2) is 24.3 Å². The van der Waals surface area contributed by atoms with Crippen molar-refractivity contribution in [2.45, 2.75) is 74.8 Å². The first-order chi connectivity index (χ1) is 19.4. The molecule has 4 rings (SSSR count). The Hall–Kier alpha value is -2.98. The number of carbonyl (C=O) groups is 1. The van der Waals surface area contributed by atoms with Gasteiger partial charge in [-0.15, -0.1) is 11.8 Å². The van der Waals surface area contributed by atoms with E-state index in [9.17, 15) is 10.0 Å². The van der Waals surface area contributed by atoms with Gasteiger partial charge in [-0.3, -0.25) is 5.21 Å². The van der Waals surface area contributed by atoms with Gasteiger partial charge in [0.2, 0.25) is 5.75 Å². The van der Waals surface area contributed by atoms with E-state index in [1.54, 1.807) is 28.4 Å².